The van der Waals surface area contributed by atoms with Gasteiger partial charge in [0.05, 0.1) is 0 Å². The summed E-state index contributed by atoms with van der Waals surface area (Å²) < 4.78 is 0. The molecular formula is C17H35N3. The fraction of sp³-hybridized carbons (Fsp3) is 1.00. The zero-order chi connectivity index (χ0) is 14.2. The minimum absolute atomic E-state index is 0.844. The van der Waals surface area contributed by atoms with E-state index in [1.54, 1.807) is 0 Å². The Morgan fingerprint density at radius 2 is 1.85 bits per heavy atom. The van der Waals surface area contributed by atoms with E-state index >= 15 is 0 Å². The molecule has 0 saturated carbocycles. The summed E-state index contributed by atoms with van der Waals surface area (Å²) >= 11 is 0. The predicted molar refractivity (Wildman–Crippen MR) is 87.2 cm³/mol. The van der Waals surface area contributed by atoms with Gasteiger partial charge in [-0.3, -0.25) is 0 Å². The summed E-state index contributed by atoms with van der Waals surface area (Å²) in [5, 5.41) is 3.49. The van der Waals surface area contributed by atoms with E-state index in [1.165, 1.54) is 84.3 Å². The van der Waals surface area contributed by atoms with Crippen LogP contribution in [0.3, 0.4) is 0 Å². The minimum atomic E-state index is 0.844. The highest BCUT2D eigenvalue weighted by Crippen LogP contribution is 2.21. The van der Waals surface area contributed by atoms with Gasteiger partial charge in [-0.1, -0.05) is 13.8 Å². The van der Waals surface area contributed by atoms with Crippen LogP contribution in [0.5, 0.6) is 0 Å². The number of hydrogen-bond acceptors (Lipinski definition) is 3. The first-order valence-corrected chi connectivity index (χ1v) is 9.00. The highest BCUT2D eigenvalue weighted by atomic mass is 15.2. The zero-order valence-electron chi connectivity index (χ0n) is 13.7. The van der Waals surface area contributed by atoms with Gasteiger partial charge in [-0.25, -0.2) is 0 Å². The number of nitrogens with one attached hydrogen (secondary N) is 1. The lowest BCUT2D eigenvalue weighted by Gasteiger charge is -2.35. The molecule has 1 N–H and O–H groups in total. The van der Waals surface area contributed by atoms with E-state index in [1.807, 2.05) is 0 Å². The lowest BCUT2D eigenvalue weighted by Crippen LogP contribution is -2.42. The Morgan fingerprint density at radius 1 is 1.05 bits per heavy atom. The quantitative estimate of drug-likeness (QED) is 0.807. The first kappa shape index (κ1) is 16.3. The van der Waals surface area contributed by atoms with E-state index in [0.717, 1.165) is 12.0 Å². The maximum atomic E-state index is 3.49. The highest BCUT2D eigenvalue weighted by Gasteiger charge is 2.24. The fourth-order valence-electron chi connectivity index (χ4n) is 3.98. The van der Waals surface area contributed by atoms with Crippen LogP contribution in [0.1, 0.15) is 52.4 Å². The van der Waals surface area contributed by atoms with Gasteiger partial charge in [-0.15, -0.1) is 0 Å². The Morgan fingerprint density at radius 3 is 2.55 bits per heavy atom. The van der Waals surface area contributed by atoms with Crippen molar-refractivity contribution >= 4 is 0 Å². The summed E-state index contributed by atoms with van der Waals surface area (Å²) in [6, 6.07) is 0.844. The summed E-state index contributed by atoms with van der Waals surface area (Å²) in [5.74, 6) is 0.936. The first-order chi connectivity index (χ1) is 9.83. The van der Waals surface area contributed by atoms with Gasteiger partial charge in [0.25, 0.3) is 0 Å². The number of rotatable bonds is 6. The van der Waals surface area contributed by atoms with Crippen LogP contribution >= 0.6 is 0 Å². The molecule has 20 heavy (non-hydrogen) atoms. The molecule has 1 unspecified atom stereocenters. The maximum Gasteiger partial charge on any atom is 0.0108 e. The molecule has 2 heterocycles. The summed E-state index contributed by atoms with van der Waals surface area (Å²) in [6.07, 6.45) is 8.26. The molecule has 3 nitrogen and oxygen atoms in total. The second kappa shape index (κ2) is 9.01. The van der Waals surface area contributed by atoms with Gasteiger partial charge in [-0.05, 0) is 83.7 Å². The Hall–Kier alpha value is -0.120. The summed E-state index contributed by atoms with van der Waals surface area (Å²) in [7, 11) is 0. The lowest BCUT2D eigenvalue weighted by atomic mass is 9.96. The van der Waals surface area contributed by atoms with Crippen molar-refractivity contribution in [1.29, 1.82) is 0 Å². The van der Waals surface area contributed by atoms with Crippen molar-refractivity contribution in [2.24, 2.45) is 5.92 Å². The number of nitrogens with zero attached hydrogens (tertiary/aromatic N) is 2. The van der Waals surface area contributed by atoms with Crippen LogP contribution in [-0.4, -0.2) is 61.7 Å². The second-order valence-corrected chi connectivity index (χ2v) is 6.71. The first-order valence-electron chi connectivity index (χ1n) is 9.00. The van der Waals surface area contributed by atoms with Crippen LogP contribution in [-0.2, 0) is 0 Å². The largest absolute Gasteiger partial charge is 0.317 e. The van der Waals surface area contributed by atoms with Crippen LogP contribution in [0.15, 0.2) is 0 Å². The molecule has 1 atom stereocenters. The van der Waals surface area contributed by atoms with Crippen molar-refractivity contribution in [3.05, 3.63) is 0 Å². The third kappa shape index (κ3) is 5.01. The number of piperidine rings is 1. The summed E-state index contributed by atoms with van der Waals surface area (Å²) in [6.45, 7) is 13.7. The summed E-state index contributed by atoms with van der Waals surface area (Å²) in [4.78, 5) is 5.48. The van der Waals surface area contributed by atoms with E-state index in [4.69, 9.17) is 0 Å². The Bertz CT molecular complexity index is 251. The van der Waals surface area contributed by atoms with Crippen LogP contribution in [0.2, 0.25) is 0 Å². The standard InChI is InChI=1S/C17H35N3/c1-3-12-19-13-5-6-17(9-14-19)20(4-2)15-16-7-10-18-11-8-16/h16-18H,3-15H2,1-2H3. The van der Waals surface area contributed by atoms with Crippen molar-refractivity contribution in [1.82, 2.24) is 15.1 Å². The van der Waals surface area contributed by atoms with E-state index in [-0.39, 0.29) is 0 Å². The molecule has 0 aromatic carbocycles. The molecule has 0 bridgehead atoms. The average molecular weight is 281 g/mol. The molecule has 0 radical (unpaired) electrons. The molecule has 0 amide bonds. The molecular weight excluding hydrogens is 246 g/mol. The number of likely N-dealkylation sites (tertiary alicyclic amines) is 1. The maximum absolute atomic E-state index is 3.49. The third-order valence-corrected chi connectivity index (χ3v) is 5.20. The van der Waals surface area contributed by atoms with Gasteiger partial charge in [-0.2, -0.15) is 0 Å². The topological polar surface area (TPSA) is 18.5 Å². The van der Waals surface area contributed by atoms with Crippen LogP contribution in [0.25, 0.3) is 0 Å². The molecule has 2 rings (SSSR count). The van der Waals surface area contributed by atoms with Crippen molar-refractivity contribution < 1.29 is 0 Å². The van der Waals surface area contributed by atoms with Gasteiger partial charge in [0.2, 0.25) is 0 Å². The Kier molecular flexibility index (Phi) is 7.32. The third-order valence-electron chi connectivity index (χ3n) is 5.20. The van der Waals surface area contributed by atoms with Crippen LogP contribution < -0.4 is 5.32 Å². The zero-order valence-corrected chi connectivity index (χ0v) is 13.7. The van der Waals surface area contributed by atoms with Gasteiger partial charge >= 0.3 is 0 Å². The van der Waals surface area contributed by atoms with Gasteiger partial charge < -0.3 is 15.1 Å². The van der Waals surface area contributed by atoms with E-state index in [2.05, 4.69) is 29.0 Å². The van der Waals surface area contributed by atoms with Crippen molar-refractivity contribution in [2.75, 3.05) is 45.8 Å². The average Bonchev–Trinajstić information content (AvgIpc) is 2.72. The van der Waals surface area contributed by atoms with Crippen LogP contribution in [0.4, 0.5) is 0 Å². The SMILES string of the molecule is CCCN1CCCC(N(CC)CC2CCNCC2)CC1. The number of hydrogen-bond donors (Lipinski definition) is 1. The molecule has 2 saturated heterocycles. The van der Waals surface area contributed by atoms with Crippen molar-refractivity contribution in [3.63, 3.8) is 0 Å². The molecule has 2 aliphatic heterocycles. The van der Waals surface area contributed by atoms with E-state index in [9.17, 15) is 0 Å². The van der Waals surface area contributed by atoms with Gasteiger partial charge in [0.15, 0.2) is 0 Å². The molecule has 0 aliphatic carbocycles. The summed E-state index contributed by atoms with van der Waals surface area (Å²) in [5.41, 5.74) is 0. The smallest absolute Gasteiger partial charge is 0.0108 e. The monoisotopic (exact) mass is 281 g/mol. The van der Waals surface area contributed by atoms with Crippen molar-refractivity contribution in [2.45, 2.75) is 58.4 Å². The molecule has 3 heteroatoms. The molecule has 2 aliphatic rings. The highest BCUT2D eigenvalue weighted by molar-refractivity contribution is 4.80. The Balaban J connectivity index is 1.80. The van der Waals surface area contributed by atoms with Crippen molar-refractivity contribution in [3.8, 4) is 0 Å². The Labute approximate surface area is 126 Å². The van der Waals surface area contributed by atoms with Crippen LogP contribution in [0, 0.1) is 5.92 Å². The molecule has 0 aromatic rings. The molecule has 0 spiro atoms. The van der Waals surface area contributed by atoms with Gasteiger partial charge in [0, 0.05) is 12.6 Å². The predicted octanol–water partition coefficient (Wildman–Crippen LogP) is 2.57. The molecule has 118 valence electrons. The normalized spacial score (nSPS) is 26.9. The molecule has 2 fully saturated rings. The van der Waals surface area contributed by atoms with E-state index < -0.39 is 0 Å². The van der Waals surface area contributed by atoms with Gasteiger partial charge in [0.1, 0.15) is 0 Å². The fourth-order valence-corrected chi connectivity index (χ4v) is 3.98. The molecule has 0 aromatic heterocycles. The minimum Gasteiger partial charge on any atom is -0.317 e. The lowest BCUT2D eigenvalue weighted by molar-refractivity contribution is 0.145. The second-order valence-electron chi connectivity index (χ2n) is 6.71. The van der Waals surface area contributed by atoms with E-state index in [0.29, 0.717) is 0 Å².